The van der Waals surface area contributed by atoms with E-state index in [0.717, 1.165) is 12.2 Å². The van der Waals surface area contributed by atoms with Crippen molar-refractivity contribution in [3.63, 3.8) is 0 Å². The molecular weight excluding hydrogens is 233 g/mol. The minimum absolute atomic E-state index is 0.420. The number of anilines is 1. The minimum Gasteiger partial charge on any atom is -0.390 e. The van der Waals surface area contributed by atoms with E-state index in [9.17, 15) is 5.11 Å². The van der Waals surface area contributed by atoms with Gasteiger partial charge in [-0.05, 0) is 38.1 Å². The highest BCUT2D eigenvalue weighted by molar-refractivity contribution is 6.30. The van der Waals surface area contributed by atoms with E-state index in [1.165, 1.54) is 0 Å². The molecular formula is C11H15Cl2NO. The fourth-order valence-electron chi connectivity index (χ4n) is 1.39. The van der Waals surface area contributed by atoms with Crippen molar-refractivity contribution in [2.75, 3.05) is 11.4 Å². The molecule has 0 aliphatic carbocycles. The third-order valence-electron chi connectivity index (χ3n) is 2.19. The summed E-state index contributed by atoms with van der Waals surface area (Å²) in [5.74, 6) is 0. The van der Waals surface area contributed by atoms with Gasteiger partial charge in [0, 0.05) is 17.3 Å². The number of benzene rings is 1. The van der Waals surface area contributed by atoms with E-state index in [1.807, 2.05) is 36.1 Å². The summed E-state index contributed by atoms with van der Waals surface area (Å²) in [6, 6.07) is 7.41. The van der Waals surface area contributed by atoms with Crippen LogP contribution in [0.15, 0.2) is 24.3 Å². The molecule has 0 fully saturated rings. The molecule has 0 spiro atoms. The van der Waals surface area contributed by atoms with Crippen LogP contribution in [0.4, 0.5) is 5.69 Å². The number of alkyl halides is 1. The lowest BCUT2D eigenvalue weighted by Gasteiger charge is -2.30. The van der Waals surface area contributed by atoms with Gasteiger partial charge in [-0.2, -0.15) is 0 Å². The molecule has 4 heteroatoms. The van der Waals surface area contributed by atoms with E-state index < -0.39 is 11.6 Å². The first-order valence-corrected chi connectivity index (χ1v) is 5.72. The van der Waals surface area contributed by atoms with Crippen LogP contribution < -0.4 is 4.90 Å². The standard InChI is InChI=1S/C11H15Cl2NO/c1-3-14(11(13)8(2)15)10-6-4-9(12)5-7-10/h4-8,11,15H,3H2,1-2H3. The molecule has 0 heterocycles. The number of nitrogens with zero attached hydrogens (tertiary/aromatic N) is 1. The Kier molecular flexibility index (Phi) is 4.71. The zero-order valence-electron chi connectivity index (χ0n) is 8.82. The maximum absolute atomic E-state index is 9.44. The maximum Gasteiger partial charge on any atom is 0.130 e. The fraction of sp³-hybridized carbons (Fsp3) is 0.455. The van der Waals surface area contributed by atoms with Gasteiger partial charge in [-0.15, -0.1) is 0 Å². The van der Waals surface area contributed by atoms with E-state index in [0.29, 0.717) is 5.02 Å². The third-order valence-corrected chi connectivity index (χ3v) is 3.05. The number of likely N-dealkylation sites (N-methyl/N-ethyl adjacent to an activating group) is 1. The van der Waals surface area contributed by atoms with Gasteiger partial charge >= 0.3 is 0 Å². The molecule has 0 aromatic heterocycles. The van der Waals surface area contributed by atoms with Gasteiger partial charge in [0.15, 0.2) is 0 Å². The van der Waals surface area contributed by atoms with Gasteiger partial charge in [-0.1, -0.05) is 23.2 Å². The third kappa shape index (κ3) is 3.26. The molecule has 2 atom stereocenters. The maximum atomic E-state index is 9.44. The van der Waals surface area contributed by atoms with Crippen LogP contribution >= 0.6 is 23.2 Å². The Bertz CT molecular complexity index is 300. The molecule has 2 nitrogen and oxygen atoms in total. The highest BCUT2D eigenvalue weighted by Crippen LogP contribution is 2.22. The Morgan fingerprint density at radius 2 is 1.87 bits per heavy atom. The van der Waals surface area contributed by atoms with Crippen LogP contribution in [0, 0.1) is 0 Å². The van der Waals surface area contributed by atoms with Crippen molar-refractivity contribution in [1.82, 2.24) is 0 Å². The van der Waals surface area contributed by atoms with Gasteiger partial charge < -0.3 is 10.0 Å². The summed E-state index contributed by atoms with van der Waals surface area (Å²) in [5.41, 5.74) is 0.541. The molecule has 1 rings (SSSR count). The van der Waals surface area contributed by atoms with Crippen LogP contribution in [-0.2, 0) is 0 Å². The van der Waals surface area contributed by atoms with Gasteiger partial charge in [0.25, 0.3) is 0 Å². The van der Waals surface area contributed by atoms with Gasteiger partial charge in [0.05, 0.1) is 6.10 Å². The zero-order chi connectivity index (χ0) is 11.4. The van der Waals surface area contributed by atoms with Crippen molar-refractivity contribution >= 4 is 28.9 Å². The van der Waals surface area contributed by atoms with Crippen LogP contribution in [0.3, 0.4) is 0 Å². The van der Waals surface area contributed by atoms with Gasteiger partial charge in [0.1, 0.15) is 5.50 Å². The Morgan fingerprint density at radius 1 is 1.33 bits per heavy atom. The second-order valence-corrected chi connectivity index (χ2v) is 4.26. The first-order valence-electron chi connectivity index (χ1n) is 4.90. The molecule has 2 unspecified atom stereocenters. The number of aliphatic hydroxyl groups excluding tert-OH is 1. The second kappa shape index (κ2) is 5.59. The van der Waals surface area contributed by atoms with Gasteiger partial charge in [0.2, 0.25) is 0 Å². The second-order valence-electron chi connectivity index (χ2n) is 3.38. The summed E-state index contributed by atoms with van der Waals surface area (Å²) in [6.07, 6.45) is -0.581. The first kappa shape index (κ1) is 12.6. The molecule has 1 aromatic carbocycles. The summed E-state index contributed by atoms with van der Waals surface area (Å²) in [4.78, 5) is 1.92. The average molecular weight is 248 g/mol. The molecule has 0 radical (unpaired) electrons. The summed E-state index contributed by atoms with van der Waals surface area (Å²) in [7, 11) is 0. The molecule has 0 amide bonds. The molecule has 15 heavy (non-hydrogen) atoms. The van der Waals surface area contributed by atoms with Crippen molar-refractivity contribution in [1.29, 1.82) is 0 Å². The lowest BCUT2D eigenvalue weighted by molar-refractivity contribution is 0.187. The van der Waals surface area contributed by atoms with E-state index in [4.69, 9.17) is 23.2 Å². The van der Waals surface area contributed by atoms with Gasteiger partial charge in [-0.25, -0.2) is 0 Å². The minimum atomic E-state index is -0.581. The molecule has 1 aromatic rings. The summed E-state index contributed by atoms with van der Waals surface area (Å²) >= 11 is 11.9. The predicted molar refractivity (Wildman–Crippen MR) is 65.8 cm³/mol. The van der Waals surface area contributed by atoms with Crippen LogP contribution in [0.5, 0.6) is 0 Å². The lowest BCUT2D eigenvalue weighted by Crippen LogP contribution is -2.38. The molecule has 0 saturated heterocycles. The van der Waals surface area contributed by atoms with Crippen LogP contribution in [0.25, 0.3) is 0 Å². The Morgan fingerprint density at radius 3 is 2.27 bits per heavy atom. The molecule has 0 aliphatic rings. The normalized spacial score (nSPS) is 14.7. The smallest absolute Gasteiger partial charge is 0.130 e. The Labute approximate surface area is 100 Å². The Balaban J connectivity index is 2.87. The van der Waals surface area contributed by atoms with Gasteiger partial charge in [-0.3, -0.25) is 0 Å². The van der Waals surface area contributed by atoms with Crippen LogP contribution in [-0.4, -0.2) is 23.3 Å². The topological polar surface area (TPSA) is 23.5 Å². The Hall–Kier alpha value is -0.440. The van der Waals surface area contributed by atoms with Crippen molar-refractivity contribution in [2.45, 2.75) is 25.5 Å². The summed E-state index contributed by atoms with van der Waals surface area (Å²) in [6.45, 7) is 4.41. The molecule has 0 saturated carbocycles. The predicted octanol–water partition coefficient (Wildman–Crippen LogP) is 3.11. The molecule has 0 aliphatic heterocycles. The number of rotatable bonds is 4. The van der Waals surface area contributed by atoms with Crippen molar-refractivity contribution < 1.29 is 5.11 Å². The van der Waals surface area contributed by atoms with E-state index in [-0.39, 0.29) is 0 Å². The van der Waals surface area contributed by atoms with E-state index in [1.54, 1.807) is 6.92 Å². The number of halogens is 2. The van der Waals surface area contributed by atoms with Crippen LogP contribution in [0.1, 0.15) is 13.8 Å². The highest BCUT2D eigenvalue weighted by atomic mass is 35.5. The van der Waals surface area contributed by atoms with Crippen molar-refractivity contribution in [3.8, 4) is 0 Å². The first-order chi connectivity index (χ1) is 7.06. The van der Waals surface area contributed by atoms with Crippen molar-refractivity contribution in [3.05, 3.63) is 29.3 Å². The summed E-state index contributed by atoms with van der Waals surface area (Å²) in [5, 5.41) is 10.1. The number of aliphatic hydroxyl groups is 1. The van der Waals surface area contributed by atoms with E-state index in [2.05, 4.69) is 0 Å². The van der Waals surface area contributed by atoms with Crippen molar-refractivity contribution in [2.24, 2.45) is 0 Å². The SMILES string of the molecule is CCN(c1ccc(Cl)cc1)C(Cl)C(C)O. The fourth-order valence-corrected chi connectivity index (χ4v) is 1.77. The molecule has 84 valence electrons. The summed E-state index contributed by atoms with van der Waals surface area (Å²) < 4.78 is 0. The zero-order valence-corrected chi connectivity index (χ0v) is 10.3. The quantitative estimate of drug-likeness (QED) is 0.653. The van der Waals surface area contributed by atoms with E-state index >= 15 is 0 Å². The molecule has 0 bridgehead atoms. The number of hydrogen-bond donors (Lipinski definition) is 1. The van der Waals surface area contributed by atoms with Crippen LogP contribution in [0.2, 0.25) is 5.02 Å². The molecule has 1 N–H and O–H groups in total. The highest BCUT2D eigenvalue weighted by Gasteiger charge is 2.19. The average Bonchev–Trinajstić information content (AvgIpc) is 2.21. The lowest BCUT2D eigenvalue weighted by atomic mass is 10.2. The monoisotopic (exact) mass is 247 g/mol. The largest absolute Gasteiger partial charge is 0.390 e. The number of hydrogen-bond acceptors (Lipinski definition) is 2.